The molecule has 0 spiro atoms. The SMILES string of the molecule is CCOC(=O)COc1ccc(C(CN(Cc2ccccc2)C[C@H](O)c2ccc(OCc3ccccc3)c([N+](=O)[O-])c2)c2ccc(OCC(=O)OCC)cc2)cc1. The van der Waals surface area contributed by atoms with Crippen LogP contribution in [0.15, 0.2) is 127 Å². The molecule has 0 fully saturated rings. The Morgan fingerprint density at radius 2 is 1.16 bits per heavy atom. The zero-order valence-corrected chi connectivity index (χ0v) is 31.5. The molecule has 0 saturated heterocycles. The van der Waals surface area contributed by atoms with Crippen LogP contribution in [0.3, 0.4) is 0 Å². The number of nitro groups is 1. The van der Waals surface area contributed by atoms with Crippen molar-refractivity contribution in [2.75, 3.05) is 39.5 Å². The molecule has 56 heavy (non-hydrogen) atoms. The van der Waals surface area contributed by atoms with Crippen LogP contribution >= 0.6 is 0 Å². The minimum Gasteiger partial charge on any atom is -0.482 e. The van der Waals surface area contributed by atoms with Crippen molar-refractivity contribution in [2.45, 2.75) is 39.0 Å². The molecule has 0 aliphatic carbocycles. The van der Waals surface area contributed by atoms with Crippen molar-refractivity contribution in [1.82, 2.24) is 4.90 Å². The van der Waals surface area contributed by atoms with E-state index in [1.807, 2.05) is 84.9 Å². The highest BCUT2D eigenvalue weighted by Crippen LogP contribution is 2.33. The Bertz CT molecular complexity index is 1930. The number of benzene rings is 5. The van der Waals surface area contributed by atoms with Crippen molar-refractivity contribution in [3.8, 4) is 17.2 Å². The molecule has 1 N–H and O–H groups in total. The van der Waals surface area contributed by atoms with Crippen molar-refractivity contribution in [1.29, 1.82) is 0 Å². The van der Waals surface area contributed by atoms with Gasteiger partial charge < -0.3 is 28.8 Å². The predicted molar refractivity (Wildman–Crippen MR) is 210 cm³/mol. The Morgan fingerprint density at radius 1 is 0.661 bits per heavy atom. The van der Waals surface area contributed by atoms with E-state index in [9.17, 15) is 24.8 Å². The van der Waals surface area contributed by atoms with Crippen LogP contribution in [-0.4, -0.2) is 66.4 Å². The quantitative estimate of drug-likeness (QED) is 0.0453. The highest BCUT2D eigenvalue weighted by Gasteiger charge is 2.25. The molecule has 0 aliphatic rings. The Morgan fingerprint density at radius 3 is 1.66 bits per heavy atom. The van der Waals surface area contributed by atoms with E-state index in [1.165, 1.54) is 12.1 Å². The van der Waals surface area contributed by atoms with E-state index >= 15 is 0 Å². The number of nitro benzene ring substituents is 1. The summed E-state index contributed by atoms with van der Waals surface area (Å²) < 4.78 is 27.1. The first-order chi connectivity index (χ1) is 27.2. The Labute approximate surface area is 326 Å². The molecular weight excluding hydrogens is 716 g/mol. The van der Waals surface area contributed by atoms with Crippen molar-refractivity contribution in [2.24, 2.45) is 0 Å². The van der Waals surface area contributed by atoms with Crippen LogP contribution in [0.1, 0.15) is 53.7 Å². The lowest BCUT2D eigenvalue weighted by Gasteiger charge is -2.30. The summed E-state index contributed by atoms with van der Waals surface area (Å²) in [6, 6.07) is 38.6. The second-order valence-electron chi connectivity index (χ2n) is 12.8. The third kappa shape index (κ3) is 12.4. The number of ether oxygens (including phenoxy) is 5. The zero-order chi connectivity index (χ0) is 39.7. The molecular formula is C44H46N2O10. The molecule has 0 aromatic heterocycles. The van der Waals surface area contributed by atoms with E-state index in [2.05, 4.69) is 4.90 Å². The fraction of sp³-hybridized carbons (Fsp3) is 0.273. The smallest absolute Gasteiger partial charge is 0.344 e. The lowest BCUT2D eigenvalue weighted by atomic mass is 9.90. The molecule has 1 atom stereocenters. The summed E-state index contributed by atoms with van der Waals surface area (Å²) in [7, 11) is 0. The van der Waals surface area contributed by atoms with Crippen LogP contribution in [0.5, 0.6) is 17.2 Å². The summed E-state index contributed by atoms with van der Waals surface area (Å²) in [6.45, 7) is 4.75. The molecule has 0 heterocycles. The molecule has 5 aromatic carbocycles. The molecule has 0 amide bonds. The number of aliphatic hydroxyl groups is 1. The van der Waals surface area contributed by atoms with Crippen LogP contribution in [0, 0.1) is 10.1 Å². The molecule has 5 rings (SSSR count). The Kier molecular flexibility index (Phi) is 15.4. The number of carbonyl (C=O) groups is 2. The molecule has 0 aliphatic heterocycles. The number of rotatable bonds is 21. The lowest BCUT2D eigenvalue weighted by molar-refractivity contribution is -0.386. The van der Waals surface area contributed by atoms with Gasteiger partial charge in [0.2, 0.25) is 0 Å². The first kappa shape index (κ1) is 40.9. The summed E-state index contributed by atoms with van der Waals surface area (Å²) >= 11 is 0. The van der Waals surface area contributed by atoms with E-state index < -0.39 is 23.0 Å². The van der Waals surface area contributed by atoms with Gasteiger partial charge in [0, 0.05) is 31.6 Å². The first-order valence-electron chi connectivity index (χ1n) is 18.4. The molecule has 0 bridgehead atoms. The number of hydrogen-bond acceptors (Lipinski definition) is 11. The topological polar surface area (TPSA) is 147 Å². The molecule has 0 unspecified atom stereocenters. The first-order valence-corrected chi connectivity index (χ1v) is 18.4. The standard InChI is InChI=1S/C44H46N2O10/c1-3-52-43(48)30-54-37-20-15-34(16-21-37)39(35-17-22-38(23-18-35)55-31-44(49)53-4-2)27-45(26-32-11-7-5-8-12-32)28-41(47)36-19-24-42(40(25-36)46(50)51)56-29-33-13-9-6-10-14-33/h5-25,39,41,47H,3-4,26-31H2,1-2H3/t41-/m0/s1. The number of hydrogen-bond donors (Lipinski definition) is 1. The molecule has 5 aromatic rings. The lowest BCUT2D eigenvalue weighted by Crippen LogP contribution is -2.33. The summed E-state index contributed by atoms with van der Waals surface area (Å²) in [5.41, 5.74) is 3.88. The van der Waals surface area contributed by atoms with Crippen LogP contribution in [0.4, 0.5) is 5.69 Å². The number of carbonyl (C=O) groups excluding carboxylic acids is 2. The maximum atomic E-state index is 12.2. The number of aliphatic hydroxyl groups excluding tert-OH is 1. The van der Waals surface area contributed by atoms with Gasteiger partial charge >= 0.3 is 17.6 Å². The summed E-state index contributed by atoms with van der Waals surface area (Å²) in [5, 5.41) is 23.8. The van der Waals surface area contributed by atoms with Crippen molar-refractivity contribution in [3.63, 3.8) is 0 Å². The maximum absolute atomic E-state index is 12.2. The second kappa shape index (κ2) is 21.0. The molecule has 292 valence electrons. The van der Waals surface area contributed by atoms with Crippen molar-refractivity contribution >= 4 is 17.6 Å². The third-order valence-electron chi connectivity index (χ3n) is 8.81. The molecule has 0 saturated carbocycles. The average Bonchev–Trinajstić information content (AvgIpc) is 3.22. The summed E-state index contributed by atoms with van der Waals surface area (Å²) in [6.07, 6.45) is -1.08. The van der Waals surface area contributed by atoms with Gasteiger partial charge in [0.25, 0.3) is 0 Å². The van der Waals surface area contributed by atoms with Crippen molar-refractivity contribution in [3.05, 3.63) is 165 Å². The van der Waals surface area contributed by atoms with Gasteiger partial charge in [0.05, 0.1) is 24.2 Å². The van der Waals surface area contributed by atoms with Gasteiger partial charge in [0.1, 0.15) is 18.1 Å². The highest BCUT2D eigenvalue weighted by atomic mass is 16.6. The monoisotopic (exact) mass is 762 g/mol. The largest absolute Gasteiger partial charge is 0.482 e. The van der Waals surface area contributed by atoms with Gasteiger partial charge in [-0.2, -0.15) is 0 Å². The van der Waals surface area contributed by atoms with Gasteiger partial charge in [0.15, 0.2) is 19.0 Å². The second-order valence-corrected chi connectivity index (χ2v) is 12.8. The van der Waals surface area contributed by atoms with Crippen LogP contribution < -0.4 is 14.2 Å². The normalized spacial score (nSPS) is 11.5. The predicted octanol–water partition coefficient (Wildman–Crippen LogP) is 7.43. The number of nitrogens with zero attached hydrogens (tertiary/aromatic N) is 2. The van der Waals surface area contributed by atoms with E-state index in [1.54, 1.807) is 44.2 Å². The Hall–Kier alpha value is -6.24. The number of esters is 2. The maximum Gasteiger partial charge on any atom is 0.344 e. The summed E-state index contributed by atoms with van der Waals surface area (Å²) in [4.78, 5) is 37.5. The van der Waals surface area contributed by atoms with Crippen molar-refractivity contribution < 1.29 is 43.3 Å². The van der Waals surface area contributed by atoms with E-state index in [0.29, 0.717) is 30.2 Å². The van der Waals surface area contributed by atoms with Gasteiger partial charge in [-0.25, -0.2) is 9.59 Å². The molecule has 12 heteroatoms. The minimum absolute atomic E-state index is 0.111. The van der Waals surface area contributed by atoms with E-state index in [4.69, 9.17) is 23.7 Å². The van der Waals surface area contributed by atoms with Crippen LogP contribution in [0.2, 0.25) is 0 Å². The summed E-state index contributed by atoms with van der Waals surface area (Å²) in [5.74, 6) is -0.0631. The van der Waals surface area contributed by atoms with E-state index in [0.717, 1.165) is 22.3 Å². The fourth-order valence-electron chi connectivity index (χ4n) is 6.08. The van der Waals surface area contributed by atoms with Gasteiger partial charge in [-0.05, 0) is 72.0 Å². The molecule has 12 nitrogen and oxygen atoms in total. The zero-order valence-electron chi connectivity index (χ0n) is 31.5. The fourth-order valence-corrected chi connectivity index (χ4v) is 6.08. The minimum atomic E-state index is -1.08. The van der Waals surface area contributed by atoms with E-state index in [-0.39, 0.29) is 56.9 Å². The van der Waals surface area contributed by atoms with Gasteiger partial charge in [-0.15, -0.1) is 0 Å². The average molecular weight is 763 g/mol. The van der Waals surface area contributed by atoms with Crippen LogP contribution in [0.25, 0.3) is 0 Å². The third-order valence-corrected chi connectivity index (χ3v) is 8.81. The van der Waals surface area contributed by atoms with Gasteiger partial charge in [-0.3, -0.25) is 15.0 Å². The van der Waals surface area contributed by atoms with Gasteiger partial charge in [-0.1, -0.05) is 91.0 Å². The molecule has 0 radical (unpaired) electrons. The Balaban J connectivity index is 1.41. The van der Waals surface area contributed by atoms with Crippen LogP contribution in [-0.2, 0) is 32.2 Å². The highest BCUT2D eigenvalue weighted by molar-refractivity contribution is 5.71.